The Balaban J connectivity index is 2.34. The Labute approximate surface area is 127 Å². The smallest absolute Gasteiger partial charge is 0.241 e. The molecule has 0 radical (unpaired) electrons. The number of nitrogen functional groups attached to an aromatic ring is 1. The van der Waals surface area contributed by atoms with Gasteiger partial charge in [-0.1, -0.05) is 0 Å². The summed E-state index contributed by atoms with van der Waals surface area (Å²) in [5.41, 5.74) is 6.62. The molecule has 0 aliphatic rings. The molecule has 0 fully saturated rings. The lowest BCUT2D eigenvalue weighted by Gasteiger charge is -2.14. The van der Waals surface area contributed by atoms with Crippen LogP contribution in [0.4, 0.5) is 10.1 Å². The van der Waals surface area contributed by atoms with Crippen molar-refractivity contribution >= 4 is 27.0 Å². The number of aryl methyl sites for hydroxylation is 2. The Morgan fingerprint density at radius 3 is 2.62 bits per heavy atom. The van der Waals surface area contributed by atoms with Crippen LogP contribution in [0.25, 0.3) is 0 Å². The van der Waals surface area contributed by atoms with Crippen molar-refractivity contribution < 1.29 is 12.8 Å². The van der Waals surface area contributed by atoms with Gasteiger partial charge in [0.2, 0.25) is 10.0 Å². The number of rotatable bonds is 4. The highest BCUT2D eigenvalue weighted by Crippen LogP contribution is 2.27. The third-order valence-corrected chi connectivity index (χ3v) is 5.59. The molecule has 5 nitrogen and oxygen atoms in total. The first-order valence-corrected chi connectivity index (χ1v) is 8.54. The van der Waals surface area contributed by atoms with Crippen LogP contribution in [0.1, 0.15) is 21.8 Å². The molecule has 0 saturated heterocycles. The van der Waals surface area contributed by atoms with Crippen molar-refractivity contribution in [3.8, 4) is 0 Å². The van der Waals surface area contributed by atoms with Gasteiger partial charge < -0.3 is 5.73 Å². The van der Waals surface area contributed by atoms with Crippen LogP contribution in [0.2, 0.25) is 0 Å². The second-order valence-electron chi connectivity index (χ2n) is 4.73. The fraction of sp³-hybridized carbons (Fsp3) is 0.308. The van der Waals surface area contributed by atoms with E-state index in [2.05, 4.69) is 9.71 Å². The molecule has 2 rings (SSSR count). The summed E-state index contributed by atoms with van der Waals surface area (Å²) in [6, 6.07) is 1.13. The monoisotopic (exact) mass is 329 g/mol. The maximum absolute atomic E-state index is 13.5. The number of sulfonamides is 1. The van der Waals surface area contributed by atoms with Crippen LogP contribution in [0.3, 0.4) is 0 Å². The molecule has 0 atom stereocenters. The minimum absolute atomic E-state index is 0.0216. The predicted octanol–water partition coefficient (Wildman–Crippen LogP) is 2.27. The van der Waals surface area contributed by atoms with E-state index in [4.69, 9.17) is 5.73 Å². The fourth-order valence-electron chi connectivity index (χ4n) is 2.07. The average molecular weight is 329 g/mol. The molecule has 1 aromatic heterocycles. The summed E-state index contributed by atoms with van der Waals surface area (Å²) in [7, 11) is -3.78. The number of nitrogens with zero attached hydrogens (tertiary/aromatic N) is 1. The molecule has 1 heterocycles. The van der Waals surface area contributed by atoms with Gasteiger partial charge in [0.05, 0.1) is 27.8 Å². The lowest BCUT2D eigenvalue weighted by atomic mass is 10.1. The number of anilines is 1. The van der Waals surface area contributed by atoms with Gasteiger partial charge in [0.25, 0.3) is 0 Å². The molecule has 0 spiro atoms. The maximum Gasteiger partial charge on any atom is 0.241 e. The number of hydrogen-bond acceptors (Lipinski definition) is 5. The molecule has 0 bridgehead atoms. The molecule has 0 amide bonds. The Morgan fingerprint density at radius 2 is 2.05 bits per heavy atom. The Bertz CT molecular complexity index is 785. The van der Waals surface area contributed by atoms with E-state index in [0.717, 1.165) is 11.1 Å². The quantitative estimate of drug-likeness (QED) is 0.843. The Morgan fingerprint density at radius 1 is 1.38 bits per heavy atom. The molecule has 2 aromatic rings. The number of benzene rings is 1. The molecule has 0 unspecified atom stereocenters. The highest BCUT2D eigenvalue weighted by atomic mass is 32.2. The first-order chi connectivity index (χ1) is 9.72. The lowest BCUT2D eigenvalue weighted by Crippen LogP contribution is -2.25. The molecule has 21 heavy (non-hydrogen) atoms. The zero-order chi connectivity index (χ0) is 15.8. The molecule has 0 saturated carbocycles. The van der Waals surface area contributed by atoms with Crippen molar-refractivity contribution in [2.75, 3.05) is 5.73 Å². The summed E-state index contributed by atoms with van der Waals surface area (Å²) in [6.45, 7) is 4.96. The number of halogens is 1. The van der Waals surface area contributed by atoms with Gasteiger partial charge in [-0.15, -0.1) is 11.3 Å². The van der Waals surface area contributed by atoms with Crippen LogP contribution >= 0.6 is 11.3 Å². The minimum atomic E-state index is -3.78. The van der Waals surface area contributed by atoms with Gasteiger partial charge in [-0.25, -0.2) is 22.5 Å². The van der Waals surface area contributed by atoms with Crippen LogP contribution in [-0.2, 0) is 16.6 Å². The maximum atomic E-state index is 13.5. The van der Waals surface area contributed by atoms with Gasteiger partial charge in [0.1, 0.15) is 5.82 Å². The van der Waals surface area contributed by atoms with E-state index in [1.54, 1.807) is 5.38 Å². The molecule has 3 N–H and O–H groups in total. The van der Waals surface area contributed by atoms with Crippen molar-refractivity contribution in [1.82, 2.24) is 9.71 Å². The van der Waals surface area contributed by atoms with E-state index < -0.39 is 15.8 Å². The summed E-state index contributed by atoms with van der Waals surface area (Å²) in [6.07, 6.45) is 0. The second-order valence-corrected chi connectivity index (χ2v) is 7.49. The van der Waals surface area contributed by atoms with Gasteiger partial charge in [-0.05, 0) is 38.0 Å². The third kappa shape index (κ3) is 3.22. The van der Waals surface area contributed by atoms with Crippen LogP contribution in [0, 0.1) is 26.6 Å². The SMILES string of the molecule is Cc1nc(CNS(=O)(=O)c2c(C)cc(F)c(N)c2C)cs1. The van der Waals surface area contributed by atoms with Gasteiger partial charge in [0.15, 0.2) is 0 Å². The zero-order valence-corrected chi connectivity index (χ0v) is 13.5. The number of thiazole rings is 1. The lowest BCUT2D eigenvalue weighted by molar-refractivity contribution is 0.578. The van der Waals surface area contributed by atoms with E-state index in [1.807, 2.05) is 6.92 Å². The van der Waals surface area contributed by atoms with Crippen LogP contribution in [-0.4, -0.2) is 13.4 Å². The normalized spacial score (nSPS) is 11.8. The third-order valence-electron chi connectivity index (χ3n) is 3.08. The van der Waals surface area contributed by atoms with E-state index >= 15 is 0 Å². The van der Waals surface area contributed by atoms with Crippen LogP contribution < -0.4 is 10.5 Å². The van der Waals surface area contributed by atoms with E-state index in [-0.39, 0.29) is 22.7 Å². The Hall–Kier alpha value is -1.51. The number of nitrogens with one attached hydrogen (secondary N) is 1. The first-order valence-electron chi connectivity index (χ1n) is 6.18. The number of hydrogen-bond donors (Lipinski definition) is 2. The standard InChI is InChI=1S/C13H16FN3O2S2/c1-7-4-11(14)12(15)8(2)13(7)21(18,19)16-5-10-6-20-9(3)17-10/h4,6,16H,5,15H2,1-3H3. The molecular weight excluding hydrogens is 313 g/mol. The highest BCUT2D eigenvalue weighted by Gasteiger charge is 2.23. The summed E-state index contributed by atoms with van der Waals surface area (Å²) in [4.78, 5) is 4.21. The zero-order valence-electron chi connectivity index (χ0n) is 11.9. The molecule has 114 valence electrons. The van der Waals surface area contributed by atoms with Crippen molar-refractivity contribution in [2.24, 2.45) is 0 Å². The van der Waals surface area contributed by atoms with Gasteiger partial charge in [-0.3, -0.25) is 0 Å². The van der Waals surface area contributed by atoms with Crippen molar-refractivity contribution in [1.29, 1.82) is 0 Å². The number of aromatic nitrogens is 1. The second kappa shape index (κ2) is 5.70. The van der Waals surface area contributed by atoms with Crippen molar-refractivity contribution in [3.05, 3.63) is 39.1 Å². The van der Waals surface area contributed by atoms with Gasteiger partial charge in [0, 0.05) is 5.38 Å². The van der Waals surface area contributed by atoms with Gasteiger partial charge >= 0.3 is 0 Å². The van der Waals surface area contributed by atoms with Gasteiger partial charge in [-0.2, -0.15) is 0 Å². The summed E-state index contributed by atoms with van der Waals surface area (Å²) >= 11 is 1.45. The van der Waals surface area contributed by atoms with E-state index in [0.29, 0.717) is 11.3 Å². The first kappa shape index (κ1) is 15.9. The summed E-state index contributed by atoms with van der Waals surface area (Å²) < 4.78 is 40.8. The topological polar surface area (TPSA) is 85.1 Å². The van der Waals surface area contributed by atoms with E-state index in [1.165, 1.54) is 25.2 Å². The van der Waals surface area contributed by atoms with Crippen LogP contribution in [0.5, 0.6) is 0 Å². The van der Waals surface area contributed by atoms with Crippen LogP contribution in [0.15, 0.2) is 16.3 Å². The van der Waals surface area contributed by atoms with Crippen molar-refractivity contribution in [2.45, 2.75) is 32.2 Å². The largest absolute Gasteiger partial charge is 0.396 e. The minimum Gasteiger partial charge on any atom is -0.396 e. The molecule has 1 aromatic carbocycles. The predicted molar refractivity (Wildman–Crippen MR) is 81.2 cm³/mol. The number of nitrogens with two attached hydrogens (primary N) is 1. The fourth-order valence-corrected chi connectivity index (χ4v) is 4.17. The summed E-state index contributed by atoms with van der Waals surface area (Å²) in [5.74, 6) is -0.612. The highest BCUT2D eigenvalue weighted by molar-refractivity contribution is 7.89. The van der Waals surface area contributed by atoms with Crippen molar-refractivity contribution in [3.63, 3.8) is 0 Å². The molecule has 8 heteroatoms. The average Bonchev–Trinajstić information content (AvgIpc) is 2.79. The summed E-state index contributed by atoms with van der Waals surface area (Å²) in [5, 5.41) is 2.65. The Kier molecular flexibility index (Phi) is 4.31. The molecule has 0 aliphatic carbocycles. The molecular formula is C13H16FN3O2S2. The molecule has 0 aliphatic heterocycles. The van der Waals surface area contributed by atoms with E-state index in [9.17, 15) is 12.8 Å².